The number of aromatic nitrogens is 1. The summed E-state index contributed by atoms with van der Waals surface area (Å²) in [6, 6.07) is 4.33. The van der Waals surface area contributed by atoms with Crippen LogP contribution in [0.5, 0.6) is 0 Å². The Morgan fingerprint density at radius 2 is 2.27 bits per heavy atom. The molecule has 0 saturated carbocycles. The Morgan fingerprint density at radius 3 is 2.87 bits per heavy atom. The van der Waals surface area contributed by atoms with Crippen molar-refractivity contribution in [3.8, 4) is 0 Å². The topological polar surface area (TPSA) is 24.9 Å². The van der Waals surface area contributed by atoms with E-state index in [1.807, 2.05) is 12.4 Å². The Bertz CT molecular complexity index is 278. The van der Waals surface area contributed by atoms with Crippen LogP contribution in [0, 0.1) is 5.92 Å². The van der Waals surface area contributed by atoms with Gasteiger partial charge in [-0.3, -0.25) is 4.98 Å². The molecule has 1 aromatic heterocycles. The van der Waals surface area contributed by atoms with Gasteiger partial charge in [-0.25, -0.2) is 0 Å². The van der Waals surface area contributed by atoms with Gasteiger partial charge < -0.3 is 5.32 Å². The summed E-state index contributed by atoms with van der Waals surface area (Å²) >= 11 is 0. The summed E-state index contributed by atoms with van der Waals surface area (Å²) in [4.78, 5) is 4.08. The fourth-order valence-corrected chi connectivity index (χ4v) is 2.49. The Morgan fingerprint density at radius 1 is 1.47 bits per heavy atom. The molecule has 1 N–H and O–H groups in total. The number of nitrogens with zero attached hydrogens (tertiary/aromatic N) is 1. The standard InChI is InChI=1S/C13H20N2/c1-2-12(9-11-3-6-15-10-11)13-4-7-14-8-5-13/h4-5,7-8,11-12,15H,2-3,6,9-10H2,1H3/t11-,12?/m1/s1. The smallest absolute Gasteiger partial charge is 0.0270 e. The molecule has 2 atom stereocenters. The van der Waals surface area contributed by atoms with Crippen molar-refractivity contribution < 1.29 is 0 Å². The molecule has 1 aliphatic heterocycles. The highest BCUT2D eigenvalue weighted by atomic mass is 14.9. The Balaban J connectivity index is 1.97. The monoisotopic (exact) mass is 204 g/mol. The molecule has 1 fully saturated rings. The SMILES string of the molecule is CCC(C[C@H]1CCNC1)c1ccncc1. The van der Waals surface area contributed by atoms with Crippen LogP contribution in [0.3, 0.4) is 0 Å². The van der Waals surface area contributed by atoms with Crippen molar-refractivity contribution in [3.05, 3.63) is 30.1 Å². The van der Waals surface area contributed by atoms with Crippen molar-refractivity contribution in [2.45, 2.75) is 32.1 Å². The number of hydrogen-bond donors (Lipinski definition) is 1. The predicted molar refractivity (Wildman–Crippen MR) is 62.9 cm³/mol. The van der Waals surface area contributed by atoms with E-state index in [0.717, 1.165) is 11.8 Å². The summed E-state index contributed by atoms with van der Waals surface area (Å²) in [5.41, 5.74) is 1.46. The zero-order valence-corrected chi connectivity index (χ0v) is 9.45. The zero-order chi connectivity index (χ0) is 10.5. The third-order valence-corrected chi connectivity index (χ3v) is 3.45. The first-order chi connectivity index (χ1) is 7.40. The van der Waals surface area contributed by atoms with Crippen LogP contribution in [0.15, 0.2) is 24.5 Å². The van der Waals surface area contributed by atoms with Gasteiger partial charge in [-0.05, 0) is 61.9 Å². The molecule has 1 saturated heterocycles. The van der Waals surface area contributed by atoms with Crippen LogP contribution in [0.1, 0.15) is 37.7 Å². The van der Waals surface area contributed by atoms with Crippen LogP contribution < -0.4 is 5.32 Å². The maximum Gasteiger partial charge on any atom is 0.0270 e. The van der Waals surface area contributed by atoms with Crippen LogP contribution in [0.25, 0.3) is 0 Å². The van der Waals surface area contributed by atoms with E-state index in [9.17, 15) is 0 Å². The zero-order valence-electron chi connectivity index (χ0n) is 9.45. The molecule has 15 heavy (non-hydrogen) atoms. The van der Waals surface area contributed by atoms with E-state index in [2.05, 4.69) is 29.4 Å². The molecule has 0 aromatic carbocycles. The molecule has 0 radical (unpaired) electrons. The summed E-state index contributed by atoms with van der Waals surface area (Å²) in [5.74, 6) is 1.60. The Kier molecular flexibility index (Phi) is 3.73. The first-order valence-corrected chi connectivity index (χ1v) is 6.00. The summed E-state index contributed by atoms with van der Waals surface area (Å²) < 4.78 is 0. The van der Waals surface area contributed by atoms with Crippen molar-refractivity contribution in [2.24, 2.45) is 5.92 Å². The van der Waals surface area contributed by atoms with Gasteiger partial charge in [0.2, 0.25) is 0 Å². The highest BCUT2D eigenvalue weighted by molar-refractivity contribution is 5.15. The van der Waals surface area contributed by atoms with Gasteiger partial charge in [-0.2, -0.15) is 0 Å². The van der Waals surface area contributed by atoms with Crippen LogP contribution in [-0.4, -0.2) is 18.1 Å². The molecular formula is C13H20N2. The molecule has 82 valence electrons. The molecule has 0 spiro atoms. The molecule has 1 unspecified atom stereocenters. The fourth-order valence-electron chi connectivity index (χ4n) is 2.49. The van der Waals surface area contributed by atoms with E-state index in [0.29, 0.717) is 0 Å². The largest absolute Gasteiger partial charge is 0.316 e. The van der Waals surface area contributed by atoms with Crippen molar-refractivity contribution in [1.82, 2.24) is 10.3 Å². The minimum atomic E-state index is 0.720. The molecule has 0 aliphatic carbocycles. The van der Waals surface area contributed by atoms with Crippen LogP contribution in [0.2, 0.25) is 0 Å². The third-order valence-electron chi connectivity index (χ3n) is 3.45. The Hall–Kier alpha value is -0.890. The van der Waals surface area contributed by atoms with Crippen LogP contribution in [-0.2, 0) is 0 Å². The second-order valence-electron chi connectivity index (χ2n) is 4.48. The van der Waals surface area contributed by atoms with Crippen molar-refractivity contribution in [1.29, 1.82) is 0 Å². The lowest BCUT2D eigenvalue weighted by Crippen LogP contribution is -2.12. The highest BCUT2D eigenvalue weighted by Gasteiger charge is 2.19. The lowest BCUT2D eigenvalue weighted by molar-refractivity contribution is 0.457. The normalized spacial score (nSPS) is 22.9. The van der Waals surface area contributed by atoms with Crippen molar-refractivity contribution in [2.75, 3.05) is 13.1 Å². The lowest BCUT2D eigenvalue weighted by Gasteiger charge is -2.18. The van der Waals surface area contributed by atoms with Gasteiger partial charge in [-0.1, -0.05) is 6.92 Å². The third kappa shape index (κ3) is 2.78. The van der Waals surface area contributed by atoms with Crippen LogP contribution in [0.4, 0.5) is 0 Å². The minimum absolute atomic E-state index is 0.720. The second kappa shape index (κ2) is 5.26. The summed E-state index contributed by atoms with van der Waals surface area (Å²) in [5, 5.41) is 3.44. The first kappa shape index (κ1) is 10.6. The van der Waals surface area contributed by atoms with E-state index in [1.54, 1.807) is 0 Å². The highest BCUT2D eigenvalue weighted by Crippen LogP contribution is 2.28. The summed E-state index contributed by atoms with van der Waals surface area (Å²) in [7, 11) is 0. The molecule has 0 amide bonds. The maximum atomic E-state index is 4.08. The van der Waals surface area contributed by atoms with E-state index in [4.69, 9.17) is 0 Å². The van der Waals surface area contributed by atoms with Crippen molar-refractivity contribution in [3.63, 3.8) is 0 Å². The summed E-state index contributed by atoms with van der Waals surface area (Å²) in [6.07, 6.45) is 7.73. The average molecular weight is 204 g/mol. The minimum Gasteiger partial charge on any atom is -0.316 e. The number of hydrogen-bond acceptors (Lipinski definition) is 2. The van der Waals surface area contributed by atoms with Gasteiger partial charge >= 0.3 is 0 Å². The number of pyridine rings is 1. The predicted octanol–water partition coefficient (Wildman–Crippen LogP) is 2.57. The molecule has 1 aromatic rings. The number of rotatable bonds is 4. The van der Waals surface area contributed by atoms with Gasteiger partial charge in [0.1, 0.15) is 0 Å². The van der Waals surface area contributed by atoms with E-state index >= 15 is 0 Å². The van der Waals surface area contributed by atoms with Gasteiger partial charge in [0, 0.05) is 12.4 Å². The molecule has 2 nitrogen and oxygen atoms in total. The summed E-state index contributed by atoms with van der Waals surface area (Å²) in [6.45, 7) is 4.70. The molecule has 2 heterocycles. The molecular weight excluding hydrogens is 184 g/mol. The fraction of sp³-hybridized carbons (Fsp3) is 0.615. The lowest BCUT2D eigenvalue weighted by atomic mass is 9.87. The molecule has 2 rings (SSSR count). The average Bonchev–Trinajstić information content (AvgIpc) is 2.80. The molecule has 2 heteroatoms. The Labute approximate surface area is 92.1 Å². The van der Waals surface area contributed by atoms with Gasteiger partial charge in [-0.15, -0.1) is 0 Å². The van der Waals surface area contributed by atoms with Crippen LogP contribution >= 0.6 is 0 Å². The van der Waals surface area contributed by atoms with E-state index in [-0.39, 0.29) is 0 Å². The quantitative estimate of drug-likeness (QED) is 0.815. The van der Waals surface area contributed by atoms with E-state index < -0.39 is 0 Å². The van der Waals surface area contributed by atoms with E-state index in [1.165, 1.54) is 37.9 Å². The number of nitrogens with one attached hydrogen (secondary N) is 1. The molecule has 0 bridgehead atoms. The van der Waals surface area contributed by atoms with Gasteiger partial charge in [0.05, 0.1) is 0 Å². The van der Waals surface area contributed by atoms with Crippen molar-refractivity contribution >= 4 is 0 Å². The van der Waals surface area contributed by atoms with Gasteiger partial charge in [0.15, 0.2) is 0 Å². The molecule has 1 aliphatic rings. The maximum absolute atomic E-state index is 4.08. The second-order valence-corrected chi connectivity index (χ2v) is 4.48. The van der Waals surface area contributed by atoms with Gasteiger partial charge in [0.25, 0.3) is 0 Å². The first-order valence-electron chi connectivity index (χ1n) is 6.00.